The summed E-state index contributed by atoms with van der Waals surface area (Å²) in [6, 6.07) is 0.233. The first kappa shape index (κ1) is 12.9. The first-order valence-corrected chi connectivity index (χ1v) is 8.05. The molecule has 0 radical (unpaired) electrons. The van der Waals surface area contributed by atoms with Crippen molar-refractivity contribution < 1.29 is 0 Å². The van der Waals surface area contributed by atoms with Crippen LogP contribution in [-0.2, 0) is 0 Å². The van der Waals surface area contributed by atoms with Crippen LogP contribution in [0.15, 0.2) is 20.6 Å². The van der Waals surface area contributed by atoms with Crippen LogP contribution in [0.25, 0.3) is 11.0 Å². The van der Waals surface area contributed by atoms with Crippen molar-refractivity contribution in [1.29, 1.82) is 0 Å². The minimum Gasteiger partial charge on any atom is -0.397 e. The summed E-state index contributed by atoms with van der Waals surface area (Å²) in [4.78, 5) is 21.1. The second-order valence-corrected chi connectivity index (χ2v) is 6.15. The van der Waals surface area contributed by atoms with Crippen molar-refractivity contribution in [1.82, 2.24) is 14.5 Å². The molecule has 19 heavy (non-hydrogen) atoms. The van der Waals surface area contributed by atoms with Gasteiger partial charge in [-0.1, -0.05) is 11.8 Å². The first-order chi connectivity index (χ1) is 9.13. The first-order valence-electron chi connectivity index (χ1n) is 6.03. The summed E-state index contributed by atoms with van der Waals surface area (Å²) in [6.45, 7) is 0. The number of nitrogens with two attached hydrogens (primary N) is 1. The van der Waals surface area contributed by atoms with E-state index in [1.807, 2.05) is 6.26 Å². The molecule has 1 fully saturated rings. The lowest BCUT2D eigenvalue weighted by Crippen LogP contribution is -2.31. The van der Waals surface area contributed by atoms with Crippen LogP contribution in [0.4, 0.5) is 5.69 Å². The molecule has 1 saturated carbocycles. The summed E-state index contributed by atoms with van der Waals surface area (Å²) >= 11 is 4.74. The predicted molar refractivity (Wildman–Crippen MR) is 80.6 cm³/mol. The van der Waals surface area contributed by atoms with E-state index in [1.54, 1.807) is 10.8 Å². The molecule has 2 aromatic rings. The van der Waals surface area contributed by atoms with Gasteiger partial charge in [-0.3, -0.25) is 9.36 Å². The number of fused-ring (bicyclic) bond motifs is 1. The fraction of sp³-hybridized carbons (Fsp3) is 0.417. The molecule has 2 heterocycles. The zero-order valence-electron chi connectivity index (χ0n) is 10.4. The Kier molecular flexibility index (Phi) is 3.26. The molecule has 2 N–H and O–H groups in total. The second-order valence-electron chi connectivity index (χ2n) is 4.58. The van der Waals surface area contributed by atoms with E-state index >= 15 is 0 Å². The van der Waals surface area contributed by atoms with Crippen LogP contribution >= 0.6 is 27.7 Å². The number of rotatable bonds is 2. The third-order valence-corrected chi connectivity index (χ3v) is 4.86. The summed E-state index contributed by atoms with van der Waals surface area (Å²) in [5.41, 5.74) is 6.96. The van der Waals surface area contributed by atoms with Gasteiger partial charge in [0, 0.05) is 12.2 Å². The van der Waals surface area contributed by atoms with Crippen molar-refractivity contribution in [3.63, 3.8) is 0 Å². The fourth-order valence-corrected chi connectivity index (χ4v) is 2.99. The number of nitrogens with zero attached hydrogens (tertiary/aromatic N) is 3. The molecule has 7 heteroatoms. The molecular formula is C12H13BrN4OS. The third kappa shape index (κ3) is 1.95. The SMILES string of the molecule is CSc1ncc2c(N)c(Br)c(=O)n(C3CCC3)c2n1. The Hall–Kier alpha value is -1.08. The lowest BCUT2D eigenvalue weighted by molar-refractivity contribution is 0.312. The fourth-order valence-electron chi connectivity index (χ4n) is 2.25. The molecule has 0 atom stereocenters. The summed E-state index contributed by atoms with van der Waals surface area (Å²) in [7, 11) is 0. The molecule has 1 aliphatic carbocycles. The monoisotopic (exact) mass is 340 g/mol. The maximum Gasteiger partial charge on any atom is 0.268 e. The van der Waals surface area contributed by atoms with Crippen LogP contribution in [0, 0.1) is 0 Å². The molecular weight excluding hydrogens is 328 g/mol. The molecule has 0 aromatic carbocycles. The Labute approximate surface area is 122 Å². The minimum absolute atomic E-state index is 0.0968. The lowest BCUT2D eigenvalue weighted by Gasteiger charge is -2.29. The van der Waals surface area contributed by atoms with E-state index in [0.29, 0.717) is 21.0 Å². The van der Waals surface area contributed by atoms with Gasteiger partial charge in [0.25, 0.3) is 5.56 Å². The lowest BCUT2D eigenvalue weighted by atomic mass is 9.92. The molecule has 0 unspecified atom stereocenters. The number of hydrogen-bond acceptors (Lipinski definition) is 5. The second kappa shape index (κ2) is 4.79. The number of pyridine rings is 1. The van der Waals surface area contributed by atoms with Gasteiger partial charge >= 0.3 is 0 Å². The summed E-state index contributed by atoms with van der Waals surface area (Å²) < 4.78 is 2.17. The van der Waals surface area contributed by atoms with Crippen molar-refractivity contribution in [3.8, 4) is 0 Å². The number of aromatic nitrogens is 3. The Morgan fingerprint density at radius 3 is 2.84 bits per heavy atom. The van der Waals surface area contributed by atoms with Gasteiger partial charge in [-0.2, -0.15) is 0 Å². The molecule has 0 bridgehead atoms. The van der Waals surface area contributed by atoms with E-state index in [2.05, 4.69) is 25.9 Å². The highest BCUT2D eigenvalue weighted by Crippen LogP contribution is 2.35. The summed E-state index contributed by atoms with van der Waals surface area (Å²) in [6.07, 6.45) is 6.80. The van der Waals surface area contributed by atoms with Crippen molar-refractivity contribution in [2.45, 2.75) is 30.5 Å². The number of nitrogen functional groups attached to an aromatic ring is 1. The van der Waals surface area contributed by atoms with Gasteiger partial charge in [-0.15, -0.1) is 0 Å². The molecule has 100 valence electrons. The van der Waals surface area contributed by atoms with Gasteiger partial charge in [0.2, 0.25) is 0 Å². The van der Waals surface area contributed by atoms with E-state index in [9.17, 15) is 4.79 Å². The zero-order chi connectivity index (χ0) is 13.6. The van der Waals surface area contributed by atoms with Crippen molar-refractivity contribution >= 4 is 44.4 Å². The average molecular weight is 341 g/mol. The highest BCUT2D eigenvalue weighted by molar-refractivity contribution is 9.10. The molecule has 2 aromatic heterocycles. The van der Waals surface area contributed by atoms with E-state index in [0.717, 1.165) is 24.6 Å². The quantitative estimate of drug-likeness (QED) is 0.671. The van der Waals surface area contributed by atoms with Gasteiger partial charge in [0.1, 0.15) is 10.1 Å². The van der Waals surface area contributed by atoms with Crippen LogP contribution in [-0.4, -0.2) is 20.8 Å². The number of anilines is 1. The maximum atomic E-state index is 12.4. The normalized spacial score (nSPS) is 15.7. The Balaban J connectivity index is 2.39. The molecule has 0 amide bonds. The summed E-state index contributed by atoms with van der Waals surface area (Å²) in [5, 5.41) is 1.39. The van der Waals surface area contributed by atoms with Gasteiger partial charge < -0.3 is 5.73 Å². The smallest absolute Gasteiger partial charge is 0.268 e. The Morgan fingerprint density at radius 1 is 1.53 bits per heavy atom. The Morgan fingerprint density at radius 2 is 2.26 bits per heavy atom. The third-order valence-electron chi connectivity index (χ3n) is 3.53. The highest BCUT2D eigenvalue weighted by Gasteiger charge is 2.25. The van der Waals surface area contributed by atoms with Crippen molar-refractivity contribution in [2.24, 2.45) is 0 Å². The zero-order valence-corrected chi connectivity index (χ0v) is 12.8. The summed E-state index contributed by atoms with van der Waals surface area (Å²) in [5.74, 6) is 0. The molecule has 1 aliphatic rings. The van der Waals surface area contributed by atoms with Crippen molar-refractivity contribution in [2.75, 3.05) is 12.0 Å². The Bertz CT molecular complexity index is 711. The minimum atomic E-state index is -0.0968. The largest absolute Gasteiger partial charge is 0.397 e. The highest BCUT2D eigenvalue weighted by atomic mass is 79.9. The van der Waals surface area contributed by atoms with Gasteiger partial charge in [-0.05, 0) is 41.4 Å². The van der Waals surface area contributed by atoms with E-state index in [1.165, 1.54) is 11.8 Å². The van der Waals surface area contributed by atoms with Crippen LogP contribution < -0.4 is 11.3 Å². The van der Waals surface area contributed by atoms with E-state index in [-0.39, 0.29) is 11.6 Å². The average Bonchev–Trinajstić information content (AvgIpc) is 2.38. The number of halogens is 1. The van der Waals surface area contributed by atoms with Gasteiger partial charge in [-0.25, -0.2) is 9.97 Å². The standard InChI is InChI=1S/C12H13BrN4OS/c1-19-12-15-5-7-9(14)8(13)11(18)17(10(7)16-12)6-3-2-4-6/h5-6H,2-4,14H2,1H3. The topological polar surface area (TPSA) is 73.8 Å². The van der Waals surface area contributed by atoms with E-state index < -0.39 is 0 Å². The number of thioether (sulfide) groups is 1. The van der Waals surface area contributed by atoms with Crippen molar-refractivity contribution in [3.05, 3.63) is 21.0 Å². The van der Waals surface area contributed by atoms with Gasteiger partial charge in [0.05, 0.1) is 11.1 Å². The predicted octanol–water partition coefficient (Wildman–Crippen LogP) is 2.58. The van der Waals surface area contributed by atoms with E-state index in [4.69, 9.17) is 5.73 Å². The van der Waals surface area contributed by atoms with Crippen LogP contribution in [0.5, 0.6) is 0 Å². The van der Waals surface area contributed by atoms with Crippen LogP contribution in [0.1, 0.15) is 25.3 Å². The molecule has 5 nitrogen and oxygen atoms in total. The molecule has 0 saturated heterocycles. The van der Waals surface area contributed by atoms with Gasteiger partial charge in [0.15, 0.2) is 5.16 Å². The van der Waals surface area contributed by atoms with Crippen LogP contribution in [0.2, 0.25) is 0 Å². The number of hydrogen-bond donors (Lipinski definition) is 1. The maximum absolute atomic E-state index is 12.4. The molecule has 0 spiro atoms. The van der Waals surface area contributed by atoms with Crippen LogP contribution in [0.3, 0.4) is 0 Å². The molecule has 0 aliphatic heterocycles. The molecule has 3 rings (SSSR count).